The maximum absolute atomic E-state index is 11.1. The molecule has 1 aliphatic carbocycles. The highest BCUT2D eigenvalue weighted by Gasteiger charge is 2.32. The molecule has 6 heteroatoms. The predicted molar refractivity (Wildman–Crippen MR) is 73.2 cm³/mol. The highest BCUT2D eigenvalue weighted by molar-refractivity contribution is 5.70. The van der Waals surface area contributed by atoms with Gasteiger partial charge in [0.1, 0.15) is 11.6 Å². The maximum atomic E-state index is 11.1. The number of hydrogen-bond acceptors (Lipinski definition) is 5. The Morgan fingerprint density at radius 2 is 2.20 bits per heavy atom. The number of aromatic nitrogens is 2. The first-order chi connectivity index (χ1) is 9.54. The second-order valence-corrected chi connectivity index (χ2v) is 5.26. The zero-order valence-corrected chi connectivity index (χ0v) is 11.7. The average molecular weight is 274 g/mol. The van der Waals surface area contributed by atoms with Crippen LogP contribution in [-0.2, 0) is 4.79 Å². The van der Waals surface area contributed by atoms with Crippen molar-refractivity contribution in [1.29, 1.82) is 5.26 Å². The summed E-state index contributed by atoms with van der Waals surface area (Å²) in [7, 11) is 0. The third-order valence-electron chi connectivity index (χ3n) is 4.07. The van der Waals surface area contributed by atoms with Gasteiger partial charge in [0, 0.05) is 6.54 Å². The van der Waals surface area contributed by atoms with Gasteiger partial charge in [0.2, 0.25) is 0 Å². The highest BCUT2D eigenvalue weighted by Crippen LogP contribution is 2.32. The van der Waals surface area contributed by atoms with Crippen LogP contribution in [0.3, 0.4) is 0 Å². The van der Waals surface area contributed by atoms with Gasteiger partial charge >= 0.3 is 5.97 Å². The molecule has 0 saturated heterocycles. The van der Waals surface area contributed by atoms with E-state index in [1.165, 1.54) is 0 Å². The standard InChI is InChI=1S/C14H18N4O2/c1-8-9(2)17-18-13(12(8)6-15)16-7-10-4-3-5-11(10)14(19)20/h10-11H,3-5,7H2,1-2H3,(H,16,18)(H,19,20). The molecule has 1 fully saturated rings. The van der Waals surface area contributed by atoms with Crippen LogP contribution in [0.15, 0.2) is 0 Å². The van der Waals surface area contributed by atoms with Crippen molar-refractivity contribution in [2.45, 2.75) is 33.1 Å². The molecule has 0 bridgehead atoms. The number of anilines is 1. The summed E-state index contributed by atoms with van der Waals surface area (Å²) in [6.45, 7) is 4.16. The first kappa shape index (κ1) is 14.3. The topological polar surface area (TPSA) is 98.9 Å². The third-order valence-corrected chi connectivity index (χ3v) is 4.07. The second-order valence-electron chi connectivity index (χ2n) is 5.26. The smallest absolute Gasteiger partial charge is 0.306 e. The number of nitrogens with zero attached hydrogens (tertiary/aromatic N) is 3. The highest BCUT2D eigenvalue weighted by atomic mass is 16.4. The lowest BCUT2D eigenvalue weighted by molar-refractivity contribution is -0.142. The summed E-state index contributed by atoms with van der Waals surface area (Å²) >= 11 is 0. The monoisotopic (exact) mass is 274 g/mol. The third kappa shape index (κ3) is 2.72. The zero-order chi connectivity index (χ0) is 14.7. The Bertz CT molecular complexity index is 565. The van der Waals surface area contributed by atoms with E-state index in [0.717, 1.165) is 30.5 Å². The van der Waals surface area contributed by atoms with E-state index in [4.69, 9.17) is 5.11 Å². The molecule has 106 valence electrons. The number of nitriles is 1. The lowest BCUT2D eigenvalue weighted by Crippen LogP contribution is -2.25. The van der Waals surface area contributed by atoms with Crippen LogP contribution in [-0.4, -0.2) is 27.8 Å². The summed E-state index contributed by atoms with van der Waals surface area (Å²) in [6, 6.07) is 2.13. The number of carbonyl (C=O) groups is 1. The quantitative estimate of drug-likeness (QED) is 0.869. The van der Waals surface area contributed by atoms with Crippen molar-refractivity contribution in [1.82, 2.24) is 10.2 Å². The molecule has 1 heterocycles. The van der Waals surface area contributed by atoms with E-state index in [0.29, 0.717) is 17.9 Å². The zero-order valence-electron chi connectivity index (χ0n) is 11.7. The molecule has 2 rings (SSSR count). The SMILES string of the molecule is Cc1nnc(NCC2CCCC2C(=O)O)c(C#N)c1C. The number of aliphatic carboxylic acids is 1. The summed E-state index contributed by atoms with van der Waals surface area (Å²) in [5, 5.41) is 29.5. The van der Waals surface area contributed by atoms with E-state index < -0.39 is 5.97 Å². The van der Waals surface area contributed by atoms with Crippen LogP contribution in [0.2, 0.25) is 0 Å². The summed E-state index contributed by atoms with van der Waals surface area (Å²) in [5.74, 6) is -0.498. The first-order valence-corrected chi connectivity index (χ1v) is 6.75. The van der Waals surface area contributed by atoms with Gasteiger partial charge in [0.05, 0.1) is 11.6 Å². The van der Waals surface area contributed by atoms with Crippen molar-refractivity contribution in [2.75, 3.05) is 11.9 Å². The van der Waals surface area contributed by atoms with Crippen LogP contribution in [0.4, 0.5) is 5.82 Å². The molecule has 2 unspecified atom stereocenters. The summed E-state index contributed by atoms with van der Waals surface area (Å²) in [6.07, 6.45) is 2.56. The van der Waals surface area contributed by atoms with Gasteiger partial charge in [-0.05, 0) is 38.2 Å². The van der Waals surface area contributed by atoms with Crippen molar-refractivity contribution < 1.29 is 9.90 Å². The van der Waals surface area contributed by atoms with Gasteiger partial charge in [-0.25, -0.2) is 0 Å². The molecule has 1 aromatic rings. The molecule has 6 nitrogen and oxygen atoms in total. The van der Waals surface area contributed by atoms with E-state index in [2.05, 4.69) is 21.6 Å². The number of hydrogen-bond donors (Lipinski definition) is 2. The van der Waals surface area contributed by atoms with Gasteiger partial charge < -0.3 is 10.4 Å². The van der Waals surface area contributed by atoms with Gasteiger partial charge in [-0.15, -0.1) is 5.10 Å². The van der Waals surface area contributed by atoms with Gasteiger partial charge in [-0.2, -0.15) is 10.4 Å². The average Bonchev–Trinajstić information content (AvgIpc) is 2.88. The van der Waals surface area contributed by atoms with Crippen molar-refractivity contribution >= 4 is 11.8 Å². The van der Waals surface area contributed by atoms with Crippen LogP contribution in [0, 0.1) is 37.0 Å². The number of aryl methyl sites for hydroxylation is 1. The predicted octanol–water partition coefficient (Wildman–Crippen LogP) is 1.88. The van der Waals surface area contributed by atoms with Crippen LogP contribution in [0.5, 0.6) is 0 Å². The van der Waals surface area contributed by atoms with Crippen LogP contribution in [0.25, 0.3) is 0 Å². The molecular formula is C14H18N4O2. The molecule has 20 heavy (non-hydrogen) atoms. The molecule has 1 saturated carbocycles. The normalized spacial score (nSPS) is 21.4. The molecule has 0 aromatic carbocycles. The molecule has 0 amide bonds. The van der Waals surface area contributed by atoms with E-state index in [-0.39, 0.29) is 11.8 Å². The number of nitrogens with one attached hydrogen (secondary N) is 1. The summed E-state index contributed by atoms with van der Waals surface area (Å²) in [5.41, 5.74) is 2.03. The molecular weight excluding hydrogens is 256 g/mol. The van der Waals surface area contributed by atoms with Gasteiger partial charge in [-0.3, -0.25) is 4.79 Å². The molecule has 1 aliphatic rings. The van der Waals surface area contributed by atoms with E-state index in [1.54, 1.807) is 0 Å². The lowest BCUT2D eigenvalue weighted by Gasteiger charge is -2.17. The van der Waals surface area contributed by atoms with Crippen LogP contribution in [0.1, 0.15) is 36.1 Å². The number of carboxylic acid groups (broad SMARTS) is 1. The summed E-state index contributed by atoms with van der Waals surface area (Å²) in [4.78, 5) is 11.1. The molecule has 0 aliphatic heterocycles. The fourth-order valence-electron chi connectivity index (χ4n) is 2.70. The fraction of sp³-hybridized carbons (Fsp3) is 0.571. The van der Waals surface area contributed by atoms with Crippen molar-refractivity contribution in [3.05, 3.63) is 16.8 Å². The van der Waals surface area contributed by atoms with E-state index in [1.807, 2.05) is 13.8 Å². The fourth-order valence-corrected chi connectivity index (χ4v) is 2.70. The van der Waals surface area contributed by atoms with Gasteiger partial charge in [-0.1, -0.05) is 6.42 Å². The molecule has 1 aromatic heterocycles. The van der Waals surface area contributed by atoms with Crippen LogP contribution < -0.4 is 5.32 Å². The van der Waals surface area contributed by atoms with Gasteiger partial charge in [0.15, 0.2) is 5.82 Å². The minimum atomic E-state index is -0.735. The Balaban J connectivity index is 2.10. The largest absolute Gasteiger partial charge is 0.481 e. The van der Waals surface area contributed by atoms with Gasteiger partial charge in [0.25, 0.3) is 0 Å². The number of rotatable bonds is 4. The van der Waals surface area contributed by atoms with Crippen molar-refractivity contribution in [3.8, 4) is 6.07 Å². The van der Waals surface area contributed by atoms with Crippen LogP contribution >= 0.6 is 0 Å². The Morgan fingerprint density at radius 1 is 1.45 bits per heavy atom. The summed E-state index contributed by atoms with van der Waals surface area (Å²) < 4.78 is 0. The molecule has 2 N–H and O–H groups in total. The second kappa shape index (κ2) is 5.87. The molecule has 2 atom stereocenters. The molecule has 0 spiro atoms. The Kier molecular flexibility index (Phi) is 4.18. The minimum absolute atomic E-state index is 0.0856. The van der Waals surface area contributed by atoms with Crippen molar-refractivity contribution in [3.63, 3.8) is 0 Å². The first-order valence-electron chi connectivity index (χ1n) is 6.75. The van der Waals surface area contributed by atoms with Crippen molar-refractivity contribution in [2.24, 2.45) is 11.8 Å². The Labute approximate surface area is 117 Å². The lowest BCUT2D eigenvalue weighted by atomic mass is 9.96. The Morgan fingerprint density at radius 3 is 2.85 bits per heavy atom. The maximum Gasteiger partial charge on any atom is 0.306 e. The number of carboxylic acids is 1. The minimum Gasteiger partial charge on any atom is -0.481 e. The Hall–Kier alpha value is -2.16. The molecule has 0 radical (unpaired) electrons. The van der Waals surface area contributed by atoms with E-state index >= 15 is 0 Å². The van der Waals surface area contributed by atoms with E-state index in [9.17, 15) is 10.1 Å².